The summed E-state index contributed by atoms with van der Waals surface area (Å²) in [5, 5.41) is 20.7. The van der Waals surface area contributed by atoms with Crippen LogP contribution in [0.4, 0.5) is 5.69 Å². The number of phenols is 1. The lowest BCUT2D eigenvalue weighted by Gasteiger charge is -2.27. The fourth-order valence-corrected chi connectivity index (χ4v) is 3.03. The zero-order valence-electron chi connectivity index (χ0n) is 15.1. The van der Waals surface area contributed by atoms with Gasteiger partial charge >= 0.3 is 0 Å². The summed E-state index contributed by atoms with van der Waals surface area (Å²) in [7, 11) is 0. The highest BCUT2D eigenvalue weighted by atomic mass is 16.3. The monoisotopic (exact) mass is 355 g/mol. The molecule has 2 aromatic rings. The summed E-state index contributed by atoms with van der Waals surface area (Å²) in [5.74, 6) is -0.911. The van der Waals surface area contributed by atoms with Gasteiger partial charge < -0.3 is 14.6 Å². The Bertz CT molecular complexity index is 916. The number of benzene rings is 1. The van der Waals surface area contributed by atoms with Crippen LogP contribution in [0.15, 0.2) is 52.1 Å². The lowest BCUT2D eigenvalue weighted by atomic mass is 9.83. The molecule has 0 fully saturated rings. The van der Waals surface area contributed by atoms with Crippen LogP contribution in [-0.2, 0) is 9.59 Å². The maximum atomic E-state index is 13.0. The molecule has 6 nitrogen and oxygen atoms in total. The molecule has 0 spiro atoms. The smallest absolute Gasteiger partial charge is 0.294 e. The molecule has 26 heavy (non-hydrogen) atoms. The third kappa shape index (κ3) is 2.77. The average Bonchev–Trinajstić information content (AvgIpc) is 3.09. The molecule has 1 amide bonds. The molecule has 0 saturated heterocycles. The highest BCUT2D eigenvalue weighted by molar-refractivity contribution is 6.17. The zero-order valence-corrected chi connectivity index (χ0v) is 15.1. The van der Waals surface area contributed by atoms with Crippen molar-refractivity contribution in [3.05, 3.63) is 59.3 Å². The molecule has 1 aliphatic rings. The number of para-hydroxylation sites is 2. The van der Waals surface area contributed by atoms with Gasteiger partial charge in [0.15, 0.2) is 11.5 Å². The average molecular weight is 355 g/mol. The Hall–Kier alpha value is -3.02. The van der Waals surface area contributed by atoms with Crippen molar-refractivity contribution in [2.75, 3.05) is 4.90 Å². The topological polar surface area (TPSA) is 91.0 Å². The summed E-state index contributed by atoms with van der Waals surface area (Å²) in [6, 6.07) is 8.71. The summed E-state index contributed by atoms with van der Waals surface area (Å²) >= 11 is 0. The van der Waals surface area contributed by atoms with Gasteiger partial charge in [0.25, 0.3) is 5.91 Å². The number of aliphatic hydroxyl groups is 1. The number of hydrogen-bond acceptors (Lipinski definition) is 5. The maximum absolute atomic E-state index is 13.0. The number of hydrogen-bond donors (Lipinski definition) is 2. The van der Waals surface area contributed by atoms with E-state index in [2.05, 4.69) is 0 Å². The van der Waals surface area contributed by atoms with Crippen LogP contribution < -0.4 is 4.90 Å². The van der Waals surface area contributed by atoms with Gasteiger partial charge in [-0.15, -0.1) is 0 Å². The van der Waals surface area contributed by atoms with Crippen molar-refractivity contribution < 1.29 is 24.2 Å². The standard InChI is InChI=1S/C20H21NO5/c1-11-9-10-14(26-11)16-15(18(24)20(2,3)4)17(23)19(25)21(16)12-7-5-6-8-13(12)22/h5-10,16,22-23H,1-4H3. The summed E-state index contributed by atoms with van der Waals surface area (Å²) in [5.41, 5.74) is -0.641. The van der Waals surface area contributed by atoms with Crippen molar-refractivity contribution in [3.63, 3.8) is 0 Å². The second kappa shape index (κ2) is 6.05. The number of Topliss-reactive ketones (excluding diaryl/α,β-unsaturated/α-hetero) is 1. The van der Waals surface area contributed by atoms with Crippen molar-refractivity contribution in [2.45, 2.75) is 33.7 Å². The molecule has 1 unspecified atom stereocenters. The van der Waals surface area contributed by atoms with E-state index in [1.165, 1.54) is 11.0 Å². The molecule has 3 rings (SSSR count). The number of aryl methyl sites for hydroxylation is 1. The van der Waals surface area contributed by atoms with E-state index in [0.717, 1.165) is 0 Å². The Morgan fingerprint density at radius 3 is 2.31 bits per heavy atom. The molecule has 0 aliphatic carbocycles. The Labute approximate surface area is 151 Å². The number of nitrogens with zero attached hydrogens (tertiary/aromatic N) is 1. The van der Waals surface area contributed by atoms with Crippen molar-refractivity contribution in [3.8, 4) is 5.75 Å². The Kier molecular flexibility index (Phi) is 4.14. The van der Waals surface area contributed by atoms with Crippen molar-refractivity contribution in [1.82, 2.24) is 0 Å². The van der Waals surface area contributed by atoms with E-state index in [0.29, 0.717) is 11.5 Å². The van der Waals surface area contributed by atoms with Crippen LogP contribution in [-0.4, -0.2) is 21.9 Å². The first kappa shape index (κ1) is 17.8. The fourth-order valence-electron chi connectivity index (χ4n) is 3.03. The number of aromatic hydroxyl groups is 1. The fraction of sp³-hybridized carbons (Fsp3) is 0.300. The van der Waals surface area contributed by atoms with E-state index < -0.39 is 23.1 Å². The molecular weight excluding hydrogens is 334 g/mol. The lowest BCUT2D eigenvalue weighted by molar-refractivity contribution is -0.123. The predicted molar refractivity (Wildman–Crippen MR) is 95.9 cm³/mol. The van der Waals surface area contributed by atoms with Gasteiger partial charge in [-0.1, -0.05) is 32.9 Å². The minimum Gasteiger partial charge on any atom is -0.506 e. The SMILES string of the molecule is Cc1ccc(C2C(C(=O)C(C)(C)C)=C(O)C(=O)N2c2ccccc2O)o1. The van der Waals surface area contributed by atoms with Gasteiger partial charge in [-0.05, 0) is 31.2 Å². The quantitative estimate of drug-likeness (QED) is 0.874. The predicted octanol–water partition coefficient (Wildman–Crippen LogP) is 3.81. The minimum atomic E-state index is -0.948. The van der Waals surface area contributed by atoms with Crippen molar-refractivity contribution >= 4 is 17.4 Å². The molecule has 0 bridgehead atoms. The van der Waals surface area contributed by atoms with Gasteiger partial charge in [0.2, 0.25) is 0 Å². The van der Waals surface area contributed by atoms with E-state index >= 15 is 0 Å². The molecular formula is C20H21NO5. The largest absolute Gasteiger partial charge is 0.506 e. The van der Waals surface area contributed by atoms with E-state index in [9.17, 15) is 19.8 Å². The highest BCUT2D eigenvalue weighted by Crippen LogP contribution is 2.45. The summed E-state index contributed by atoms with van der Waals surface area (Å²) in [6.07, 6.45) is 0. The number of rotatable bonds is 3. The van der Waals surface area contributed by atoms with Crippen LogP contribution in [0, 0.1) is 12.3 Å². The number of carbonyl (C=O) groups is 2. The number of aliphatic hydroxyl groups excluding tert-OH is 1. The molecule has 0 radical (unpaired) electrons. The summed E-state index contributed by atoms with van der Waals surface area (Å²) in [6.45, 7) is 6.90. The summed E-state index contributed by atoms with van der Waals surface area (Å²) in [4.78, 5) is 27.0. The van der Waals surface area contributed by atoms with Gasteiger partial charge in [0.1, 0.15) is 23.3 Å². The van der Waals surface area contributed by atoms with Gasteiger partial charge in [0.05, 0.1) is 11.3 Å². The van der Waals surface area contributed by atoms with E-state index in [1.807, 2.05) is 0 Å². The van der Waals surface area contributed by atoms with Gasteiger partial charge in [-0.3, -0.25) is 14.5 Å². The van der Waals surface area contributed by atoms with Crippen LogP contribution in [0.1, 0.15) is 38.3 Å². The number of furan rings is 1. The maximum Gasteiger partial charge on any atom is 0.294 e. The van der Waals surface area contributed by atoms with Crippen LogP contribution in [0.3, 0.4) is 0 Å². The third-order valence-electron chi connectivity index (χ3n) is 4.31. The molecule has 1 aromatic heterocycles. The van der Waals surface area contributed by atoms with Crippen LogP contribution in [0.2, 0.25) is 0 Å². The molecule has 2 N–H and O–H groups in total. The first-order valence-electron chi connectivity index (χ1n) is 8.28. The van der Waals surface area contributed by atoms with E-state index in [4.69, 9.17) is 4.42 Å². The first-order valence-corrected chi connectivity index (χ1v) is 8.28. The van der Waals surface area contributed by atoms with Crippen LogP contribution in [0.25, 0.3) is 0 Å². The third-order valence-corrected chi connectivity index (χ3v) is 4.31. The molecule has 1 atom stereocenters. The molecule has 136 valence electrons. The molecule has 2 heterocycles. The van der Waals surface area contributed by atoms with Crippen molar-refractivity contribution in [2.24, 2.45) is 5.41 Å². The Morgan fingerprint density at radius 2 is 1.77 bits per heavy atom. The van der Waals surface area contributed by atoms with Gasteiger partial charge in [-0.2, -0.15) is 0 Å². The second-order valence-corrected chi connectivity index (χ2v) is 7.36. The molecule has 0 saturated carbocycles. The van der Waals surface area contributed by atoms with Crippen LogP contribution in [0.5, 0.6) is 5.75 Å². The highest BCUT2D eigenvalue weighted by Gasteiger charge is 2.48. The van der Waals surface area contributed by atoms with Gasteiger partial charge in [0, 0.05) is 5.41 Å². The number of carbonyl (C=O) groups excluding carboxylic acids is 2. The van der Waals surface area contributed by atoms with E-state index in [-0.39, 0.29) is 22.8 Å². The minimum absolute atomic E-state index is 0.0277. The molecule has 1 aliphatic heterocycles. The summed E-state index contributed by atoms with van der Waals surface area (Å²) < 4.78 is 5.68. The van der Waals surface area contributed by atoms with Crippen LogP contribution >= 0.6 is 0 Å². The molecule has 6 heteroatoms. The Balaban J connectivity index is 2.22. The lowest BCUT2D eigenvalue weighted by Crippen LogP contribution is -2.32. The number of amides is 1. The Morgan fingerprint density at radius 1 is 1.12 bits per heavy atom. The van der Waals surface area contributed by atoms with E-state index in [1.54, 1.807) is 58.0 Å². The number of anilines is 1. The van der Waals surface area contributed by atoms with Crippen molar-refractivity contribution in [1.29, 1.82) is 0 Å². The van der Waals surface area contributed by atoms with Gasteiger partial charge in [-0.25, -0.2) is 0 Å². The zero-order chi connectivity index (χ0) is 19.2. The normalized spacial score (nSPS) is 17.9. The first-order chi connectivity index (χ1) is 12.1. The second-order valence-electron chi connectivity index (χ2n) is 7.36. The molecule has 1 aromatic carbocycles. The number of ketones is 1. The number of phenolic OH excluding ortho intramolecular Hbond substituents is 1.